The van der Waals surface area contributed by atoms with E-state index in [0.29, 0.717) is 6.42 Å². The fourth-order valence-electron chi connectivity index (χ4n) is 1.09. The molecule has 0 heterocycles. The molecule has 78 valence electrons. The topological polar surface area (TPSA) is 98.0 Å². The highest BCUT2D eigenvalue weighted by atomic mass is 16.4. The van der Waals surface area contributed by atoms with Gasteiger partial charge in [-0.05, 0) is 13.3 Å². The number of hydrogen-bond acceptors (Lipinski definition) is 4. The lowest BCUT2D eigenvalue weighted by molar-refractivity contribution is -0.190. The van der Waals surface area contributed by atoms with Gasteiger partial charge in [-0.25, -0.2) is 4.79 Å². The Hall–Kier alpha value is -0.650. The summed E-state index contributed by atoms with van der Waals surface area (Å²) in [7, 11) is 0. The first-order chi connectivity index (χ1) is 5.87. The Kier molecular flexibility index (Phi) is 4.32. The zero-order chi connectivity index (χ0) is 10.6. The van der Waals surface area contributed by atoms with Crippen LogP contribution in [0.15, 0.2) is 0 Å². The summed E-state index contributed by atoms with van der Waals surface area (Å²) in [6.07, 6.45) is -2.29. The molecular weight excluding hydrogens is 176 g/mol. The van der Waals surface area contributed by atoms with Gasteiger partial charge in [0.2, 0.25) is 5.60 Å². The molecule has 0 amide bonds. The van der Waals surface area contributed by atoms with Gasteiger partial charge in [0.1, 0.15) is 0 Å². The minimum Gasteiger partial charge on any atom is -0.479 e. The van der Waals surface area contributed by atoms with E-state index in [-0.39, 0.29) is 6.42 Å². The minimum atomic E-state index is -2.46. The lowest BCUT2D eigenvalue weighted by atomic mass is 9.88. The third-order valence-electron chi connectivity index (χ3n) is 2.05. The van der Waals surface area contributed by atoms with Crippen LogP contribution in [0.1, 0.15) is 26.7 Å². The maximum atomic E-state index is 10.6. The van der Waals surface area contributed by atoms with Gasteiger partial charge in [0.25, 0.3) is 0 Å². The predicted molar refractivity (Wildman–Crippen MR) is 45.2 cm³/mol. The number of rotatable bonds is 5. The van der Waals surface area contributed by atoms with Crippen LogP contribution in [0.3, 0.4) is 0 Å². The number of hydrogen-bond donors (Lipinski definition) is 4. The van der Waals surface area contributed by atoms with Gasteiger partial charge in [-0.2, -0.15) is 0 Å². The second kappa shape index (κ2) is 4.55. The van der Waals surface area contributed by atoms with Crippen LogP contribution < -0.4 is 0 Å². The second-order valence-corrected chi connectivity index (χ2v) is 3.11. The van der Waals surface area contributed by atoms with Crippen molar-refractivity contribution in [3.05, 3.63) is 0 Å². The van der Waals surface area contributed by atoms with Crippen LogP contribution in [-0.4, -0.2) is 44.2 Å². The van der Waals surface area contributed by atoms with Crippen molar-refractivity contribution < 1.29 is 25.2 Å². The molecule has 4 N–H and O–H groups in total. The molecule has 0 saturated carbocycles. The molecule has 0 aliphatic carbocycles. The molecule has 0 aromatic carbocycles. The third kappa shape index (κ3) is 2.40. The molecular formula is C8H16O5. The molecule has 13 heavy (non-hydrogen) atoms. The minimum absolute atomic E-state index is 0.133. The molecule has 0 aliphatic heterocycles. The zero-order valence-corrected chi connectivity index (χ0v) is 7.77. The summed E-state index contributed by atoms with van der Waals surface area (Å²) >= 11 is 0. The fourth-order valence-corrected chi connectivity index (χ4v) is 1.09. The van der Waals surface area contributed by atoms with Gasteiger partial charge in [0.05, 0.1) is 12.2 Å². The van der Waals surface area contributed by atoms with Crippen molar-refractivity contribution in [2.75, 3.05) is 0 Å². The summed E-state index contributed by atoms with van der Waals surface area (Å²) in [5.41, 5.74) is -2.46. The highest BCUT2D eigenvalue weighted by molar-refractivity contribution is 5.78. The molecule has 0 aromatic rings. The largest absolute Gasteiger partial charge is 0.479 e. The van der Waals surface area contributed by atoms with Gasteiger partial charge >= 0.3 is 5.97 Å². The number of carboxylic acid groups (broad SMARTS) is 1. The van der Waals surface area contributed by atoms with Crippen LogP contribution in [0, 0.1) is 0 Å². The standard InChI is InChI=1S/C8H16O5/c1-3-4-6(10)8(13,5(2)9)7(11)12/h5-6,9-10,13H,3-4H2,1-2H3,(H,11,12). The Bertz CT molecular complexity index is 179. The first-order valence-corrected chi connectivity index (χ1v) is 4.19. The van der Waals surface area contributed by atoms with Crippen molar-refractivity contribution in [2.45, 2.75) is 44.5 Å². The van der Waals surface area contributed by atoms with Crippen molar-refractivity contribution in [2.24, 2.45) is 0 Å². The Morgan fingerprint density at radius 2 is 1.92 bits per heavy atom. The van der Waals surface area contributed by atoms with E-state index < -0.39 is 23.8 Å². The molecule has 3 unspecified atom stereocenters. The maximum absolute atomic E-state index is 10.6. The van der Waals surface area contributed by atoms with Gasteiger partial charge < -0.3 is 20.4 Å². The molecule has 0 aliphatic rings. The Morgan fingerprint density at radius 1 is 1.46 bits per heavy atom. The Morgan fingerprint density at radius 3 is 2.15 bits per heavy atom. The van der Waals surface area contributed by atoms with Crippen LogP contribution >= 0.6 is 0 Å². The van der Waals surface area contributed by atoms with Crippen LogP contribution in [0.4, 0.5) is 0 Å². The summed E-state index contributed by atoms with van der Waals surface area (Å²) in [4.78, 5) is 10.6. The highest BCUT2D eigenvalue weighted by Gasteiger charge is 2.47. The van der Waals surface area contributed by atoms with Gasteiger partial charge in [-0.1, -0.05) is 13.3 Å². The quantitative estimate of drug-likeness (QED) is 0.463. The van der Waals surface area contributed by atoms with Gasteiger partial charge in [-0.3, -0.25) is 0 Å². The molecule has 0 spiro atoms. The molecule has 0 radical (unpaired) electrons. The lowest BCUT2D eigenvalue weighted by Gasteiger charge is -2.30. The van der Waals surface area contributed by atoms with Crippen LogP contribution in [0.5, 0.6) is 0 Å². The average molecular weight is 192 g/mol. The van der Waals surface area contributed by atoms with Gasteiger partial charge in [0, 0.05) is 0 Å². The normalized spacial score (nSPS) is 20.4. The average Bonchev–Trinajstić information content (AvgIpc) is 2.02. The molecule has 0 rings (SSSR count). The number of carboxylic acids is 1. The summed E-state index contributed by atoms with van der Waals surface area (Å²) in [6, 6.07) is 0. The molecule has 3 atom stereocenters. The smallest absolute Gasteiger partial charge is 0.341 e. The number of aliphatic carboxylic acids is 1. The lowest BCUT2D eigenvalue weighted by Crippen LogP contribution is -2.57. The highest BCUT2D eigenvalue weighted by Crippen LogP contribution is 2.20. The fraction of sp³-hybridized carbons (Fsp3) is 0.875. The monoisotopic (exact) mass is 192 g/mol. The molecule has 0 saturated heterocycles. The van der Waals surface area contributed by atoms with Crippen LogP contribution in [0.2, 0.25) is 0 Å². The molecule has 0 bridgehead atoms. The van der Waals surface area contributed by atoms with Crippen molar-refractivity contribution in [3.8, 4) is 0 Å². The van der Waals surface area contributed by atoms with Gasteiger partial charge in [0.15, 0.2) is 0 Å². The zero-order valence-electron chi connectivity index (χ0n) is 7.77. The molecule has 0 fully saturated rings. The van der Waals surface area contributed by atoms with Crippen molar-refractivity contribution in [1.29, 1.82) is 0 Å². The summed E-state index contributed by atoms with van der Waals surface area (Å²) in [6.45, 7) is 2.88. The number of aliphatic hydroxyl groups excluding tert-OH is 2. The van der Waals surface area contributed by atoms with Crippen molar-refractivity contribution >= 4 is 5.97 Å². The molecule has 0 aromatic heterocycles. The van der Waals surface area contributed by atoms with E-state index in [0.717, 1.165) is 6.92 Å². The number of aliphatic hydroxyl groups is 3. The van der Waals surface area contributed by atoms with Crippen LogP contribution in [0.25, 0.3) is 0 Å². The summed E-state index contributed by atoms with van der Waals surface area (Å²) in [5.74, 6) is -1.61. The van der Waals surface area contributed by atoms with Gasteiger partial charge in [-0.15, -0.1) is 0 Å². The van der Waals surface area contributed by atoms with Crippen molar-refractivity contribution in [3.63, 3.8) is 0 Å². The first-order valence-electron chi connectivity index (χ1n) is 4.19. The van der Waals surface area contributed by atoms with E-state index in [9.17, 15) is 15.0 Å². The van der Waals surface area contributed by atoms with E-state index in [2.05, 4.69) is 0 Å². The van der Waals surface area contributed by atoms with E-state index >= 15 is 0 Å². The SMILES string of the molecule is CCCC(O)C(O)(C(=O)O)C(C)O. The summed E-state index contributed by atoms with van der Waals surface area (Å²) in [5, 5.41) is 36.5. The summed E-state index contributed by atoms with van der Waals surface area (Å²) < 4.78 is 0. The van der Waals surface area contributed by atoms with Crippen molar-refractivity contribution in [1.82, 2.24) is 0 Å². The predicted octanol–water partition coefficient (Wildman–Crippen LogP) is -0.656. The first kappa shape index (κ1) is 12.3. The maximum Gasteiger partial charge on any atom is 0.341 e. The van der Waals surface area contributed by atoms with Crippen LogP contribution in [-0.2, 0) is 4.79 Å². The van der Waals surface area contributed by atoms with E-state index in [4.69, 9.17) is 10.2 Å². The second-order valence-electron chi connectivity index (χ2n) is 3.11. The number of carbonyl (C=O) groups is 1. The van der Waals surface area contributed by atoms with E-state index in [1.54, 1.807) is 6.92 Å². The van der Waals surface area contributed by atoms with E-state index in [1.807, 2.05) is 0 Å². The Balaban J connectivity index is 4.68. The van der Waals surface area contributed by atoms with E-state index in [1.165, 1.54) is 0 Å². The third-order valence-corrected chi connectivity index (χ3v) is 2.05. The Labute approximate surface area is 76.6 Å². The molecule has 5 heteroatoms. The molecule has 5 nitrogen and oxygen atoms in total.